The van der Waals surface area contributed by atoms with Crippen LogP contribution in [0.5, 0.6) is 0 Å². The van der Waals surface area contributed by atoms with Crippen LogP contribution >= 0.6 is 12.4 Å². The zero-order chi connectivity index (χ0) is 26.8. The lowest BCUT2D eigenvalue weighted by Gasteiger charge is -2.38. The summed E-state index contributed by atoms with van der Waals surface area (Å²) in [5.74, 6) is 0. The van der Waals surface area contributed by atoms with E-state index in [4.69, 9.17) is 4.98 Å². The van der Waals surface area contributed by atoms with Crippen molar-refractivity contribution < 1.29 is 4.79 Å². The van der Waals surface area contributed by atoms with Gasteiger partial charge in [0.2, 0.25) is 0 Å². The quantitative estimate of drug-likeness (QED) is 0.407. The molecule has 0 bridgehead atoms. The fourth-order valence-corrected chi connectivity index (χ4v) is 5.05. The topological polar surface area (TPSA) is 51.7 Å². The number of hydrogen-bond acceptors (Lipinski definition) is 4. The number of amides is 2. The normalized spacial score (nSPS) is 14.8. The molecule has 1 N–H and O–H groups in total. The van der Waals surface area contributed by atoms with E-state index in [0.717, 1.165) is 56.0 Å². The van der Waals surface area contributed by atoms with Gasteiger partial charge in [0.05, 0.1) is 5.52 Å². The fraction of sp³-hybridized carbons (Fsp3) is 0.484. The van der Waals surface area contributed by atoms with Gasteiger partial charge in [0.1, 0.15) is 0 Å². The lowest BCUT2D eigenvalue weighted by molar-refractivity contribution is 0.232. The summed E-state index contributed by atoms with van der Waals surface area (Å²) in [5, 5.41) is 4.36. The van der Waals surface area contributed by atoms with Gasteiger partial charge in [-0.2, -0.15) is 0 Å². The molecule has 7 heteroatoms. The molecule has 0 saturated carbocycles. The molecule has 38 heavy (non-hydrogen) atoms. The summed E-state index contributed by atoms with van der Waals surface area (Å²) in [4.78, 5) is 24.8. The number of halogens is 1. The predicted molar refractivity (Wildman–Crippen MR) is 163 cm³/mol. The van der Waals surface area contributed by atoms with Crippen molar-refractivity contribution in [3.8, 4) is 0 Å². The molecule has 2 amide bonds. The number of hydrogen-bond donors (Lipinski definition) is 1. The van der Waals surface area contributed by atoms with E-state index < -0.39 is 0 Å². The van der Waals surface area contributed by atoms with E-state index in [2.05, 4.69) is 84.4 Å². The Bertz CT molecular complexity index is 1240. The second-order valence-corrected chi connectivity index (χ2v) is 12.2. The third-order valence-corrected chi connectivity index (χ3v) is 6.80. The van der Waals surface area contributed by atoms with E-state index in [1.165, 1.54) is 16.6 Å². The maximum absolute atomic E-state index is 13.2. The summed E-state index contributed by atoms with van der Waals surface area (Å²) in [5.41, 5.74) is 4.99. The number of nitrogens with zero attached hydrogens (tertiary/aromatic N) is 4. The number of piperazine rings is 1. The van der Waals surface area contributed by atoms with Crippen LogP contribution in [0.4, 0.5) is 16.2 Å². The number of anilines is 2. The largest absolute Gasteiger partial charge is 0.368 e. The number of urea groups is 1. The van der Waals surface area contributed by atoms with Crippen LogP contribution < -0.4 is 15.1 Å². The minimum atomic E-state index is -0.333. The van der Waals surface area contributed by atoms with Gasteiger partial charge in [0.25, 0.3) is 0 Å². The van der Waals surface area contributed by atoms with Crippen molar-refractivity contribution in [2.45, 2.75) is 66.0 Å². The third kappa shape index (κ3) is 7.39. The number of carbonyl (C=O) groups excluding carboxylic acids is 1. The first kappa shape index (κ1) is 29.7. The van der Waals surface area contributed by atoms with Crippen LogP contribution in [0.2, 0.25) is 0 Å². The Kier molecular flexibility index (Phi) is 9.32. The maximum atomic E-state index is 13.2. The summed E-state index contributed by atoms with van der Waals surface area (Å²) in [6, 6.07) is 19.1. The van der Waals surface area contributed by atoms with Crippen LogP contribution in [0.1, 0.15) is 52.8 Å². The lowest BCUT2D eigenvalue weighted by atomic mass is 10.0. The van der Waals surface area contributed by atoms with Crippen molar-refractivity contribution in [1.29, 1.82) is 0 Å². The molecular weight excluding hydrogens is 494 g/mol. The molecule has 2 heterocycles. The number of nitrogens with one attached hydrogen (secondary N) is 1. The zero-order valence-electron chi connectivity index (χ0n) is 24.0. The van der Waals surface area contributed by atoms with Crippen molar-refractivity contribution >= 4 is 40.7 Å². The molecule has 3 aromatic rings. The zero-order valence-corrected chi connectivity index (χ0v) is 24.9. The molecule has 1 saturated heterocycles. The summed E-state index contributed by atoms with van der Waals surface area (Å²) in [6.45, 7) is 19.4. The Labute approximate surface area is 234 Å². The van der Waals surface area contributed by atoms with E-state index >= 15 is 0 Å². The molecule has 0 radical (unpaired) electrons. The van der Waals surface area contributed by atoms with Crippen LogP contribution in [0.25, 0.3) is 10.9 Å². The molecule has 0 atom stereocenters. The Balaban J connectivity index is 0.00000400. The number of benzene rings is 2. The molecule has 4 rings (SSSR count). The van der Waals surface area contributed by atoms with E-state index in [9.17, 15) is 4.79 Å². The first-order valence-corrected chi connectivity index (χ1v) is 13.5. The van der Waals surface area contributed by atoms with Crippen molar-refractivity contribution in [3.05, 3.63) is 65.9 Å². The summed E-state index contributed by atoms with van der Waals surface area (Å²) in [7, 11) is 0. The molecule has 1 aliphatic rings. The fourth-order valence-electron chi connectivity index (χ4n) is 5.05. The summed E-state index contributed by atoms with van der Waals surface area (Å²) >= 11 is 0. The molecule has 1 fully saturated rings. The predicted octanol–water partition coefficient (Wildman–Crippen LogP) is 6.44. The molecule has 6 nitrogen and oxygen atoms in total. The minimum Gasteiger partial charge on any atom is -0.368 e. The average Bonchev–Trinajstić information content (AvgIpc) is 2.81. The summed E-state index contributed by atoms with van der Waals surface area (Å²) in [6.07, 6.45) is 0.962. The van der Waals surface area contributed by atoms with Gasteiger partial charge in [-0.1, -0.05) is 18.2 Å². The first-order valence-electron chi connectivity index (χ1n) is 13.5. The second kappa shape index (κ2) is 11.9. The Morgan fingerprint density at radius 2 is 1.63 bits per heavy atom. The maximum Gasteiger partial charge on any atom is 0.322 e. The SMILES string of the molecule is Cc1ccc2c(N3CCN(CCc4cccc(N(C(=O)NC(C)(C)C)C(C)(C)C)c4)CC3)cccc2n1.Cl. The molecule has 2 aromatic carbocycles. The minimum absolute atomic E-state index is 0. The number of aromatic nitrogens is 1. The smallest absolute Gasteiger partial charge is 0.322 e. The lowest BCUT2D eigenvalue weighted by Crippen LogP contribution is -2.55. The van der Waals surface area contributed by atoms with Crippen molar-refractivity contribution in [2.75, 3.05) is 42.5 Å². The van der Waals surface area contributed by atoms with E-state index in [0.29, 0.717) is 0 Å². The third-order valence-electron chi connectivity index (χ3n) is 6.80. The average molecular weight is 538 g/mol. The highest BCUT2D eigenvalue weighted by molar-refractivity contribution is 5.94. The van der Waals surface area contributed by atoms with E-state index in [1.807, 2.05) is 38.7 Å². The molecule has 0 spiro atoms. The van der Waals surface area contributed by atoms with Crippen LogP contribution in [0, 0.1) is 6.92 Å². The van der Waals surface area contributed by atoms with Crippen molar-refractivity contribution in [1.82, 2.24) is 15.2 Å². The standard InChI is InChI=1S/C31H43N5O.ClH/c1-23-14-15-26-27(32-23)12-9-13-28(26)35-20-18-34(19-21-35)17-16-24-10-8-11-25(22-24)36(31(5,6)7)29(37)33-30(2,3)4;/h8-15,22H,16-21H2,1-7H3,(H,33,37);1H. The van der Waals surface area contributed by atoms with Gasteiger partial charge in [0, 0.05) is 66.3 Å². The molecule has 206 valence electrons. The van der Waals surface area contributed by atoms with Gasteiger partial charge in [-0.3, -0.25) is 14.8 Å². The highest BCUT2D eigenvalue weighted by atomic mass is 35.5. The highest BCUT2D eigenvalue weighted by Crippen LogP contribution is 2.28. The number of pyridine rings is 1. The first-order chi connectivity index (χ1) is 17.4. The van der Waals surface area contributed by atoms with Crippen molar-refractivity contribution in [2.24, 2.45) is 0 Å². The molecular formula is C31H44ClN5O. The van der Waals surface area contributed by atoms with E-state index in [1.54, 1.807) is 0 Å². The number of aryl methyl sites for hydroxylation is 1. The Hall–Kier alpha value is -2.83. The van der Waals surface area contributed by atoms with Crippen LogP contribution in [0.3, 0.4) is 0 Å². The van der Waals surface area contributed by atoms with Gasteiger partial charge < -0.3 is 10.2 Å². The number of fused-ring (bicyclic) bond motifs is 1. The molecule has 0 unspecified atom stereocenters. The highest BCUT2D eigenvalue weighted by Gasteiger charge is 2.30. The molecule has 1 aliphatic heterocycles. The van der Waals surface area contributed by atoms with Gasteiger partial charge in [-0.05, 0) is 96.8 Å². The Morgan fingerprint density at radius 1 is 0.947 bits per heavy atom. The number of rotatable bonds is 5. The number of carbonyl (C=O) groups is 1. The van der Waals surface area contributed by atoms with Gasteiger partial charge in [-0.25, -0.2) is 4.79 Å². The van der Waals surface area contributed by atoms with Crippen molar-refractivity contribution in [3.63, 3.8) is 0 Å². The van der Waals surface area contributed by atoms with Gasteiger partial charge in [0.15, 0.2) is 0 Å². The summed E-state index contributed by atoms with van der Waals surface area (Å²) < 4.78 is 0. The molecule has 0 aliphatic carbocycles. The van der Waals surface area contributed by atoms with Gasteiger partial charge in [-0.15, -0.1) is 12.4 Å². The Morgan fingerprint density at radius 3 is 2.29 bits per heavy atom. The van der Waals surface area contributed by atoms with E-state index in [-0.39, 0.29) is 29.5 Å². The molecule has 1 aromatic heterocycles. The van der Waals surface area contributed by atoms with Crippen LogP contribution in [-0.4, -0.2) is 59.7 Å². The second-order valence-electron chi connectivity index (χ2n) is 12.2. The van der Waals surface area contributed by atoms with Gasteiger partial charge >= 0.3 is 6.03 Å². The van der Waals surface area contributed by atoms with Crippen LogP contribution in [0.15, 0.2) is 54.6 Å². The monoisotopic (exact) mass is 537 g/mol. The van der Waals surface area contributed by atoms with Crippen LogP contribution in [-0.2, 0) is 6.42 Å².